The average Bonchev–Trinajstić information content (AvgIpc) is 1.35. The molecule has 0 bridgehead atoms. The van der Waals surface area contributed by atoms with Gasteiger partial charge in [0.25, 0.3) is 0 Å². The molecule has 34 valence electrons. The fourth-order valence-electron chi connectivity index (χ4n) is 0.0891. The molecule has 0 aliphatic rings. The van der Waals surface area contributed by atoms with Crippen molar-refractivity contribution in [1.29, 1.82) is 0 Å². The topological polar surface area (TPSA) is 0 Å². The third-order valence-electron chi connectivity index (χ3n) is 0.244. The van der Waals surface area contributed by atoms with Crippen LogP contribution in [-0.2, 0) is 0 Å². The van der Waals surface area contributed by atoms with E-state index in [0.717, 1.165) is 0 Å². The Bertz CT molecular complexity index is 44.1. The Hall–Kier alpha value is 0.537. The van der Waals surface area contributed by atoms with Crippen molar-refractivity contribution in [2.75, 3.05) is 0 Å². The first-order valence-corrected chi connectivity index (χ1v) is 3.45. The normalized spacial score (nSPS) is 9.17. The third-order valence-corrected chi connectivity index (χ3v) is 1.49. The van der Waals surface area contributed by atoms with Gasteiger partial charge in [-0.1, -0.05) is 0 Å². The molecule has 0 unspecified atom stereocenters. The van der Waals surface area contributed by atoms with Crippen LogP contribution >= 0.6 is 23.2 Å². The minimum Gasteiger partial charge on any atom is -0.110 e. The maximum Gasteiger partial charge on any atom is 0.114 e. The highest BCUT2D eigenvalue weighted by Crippen LogP contribution is 1.96. The van der Waals surface area contributed by atoms with Crippen molar-refractivity contribution in [1.82, 2.24) is 0 Å². The largest absolute Gasteiger partial charge is 0.114 e. The summed E-state index contributed by atoms with van der Waals surface area (Å²) in [6.07, 6.45) is 0. The van der Waals surface area contributed by atoms with E-state index in [2.05, 4.69) is 6.58 Å². The van der Waals surface area contributed by atoms with Gasteiger partial charge in [-0.25, -0.2) is 0 Å². The summed E-state index contributed by atoms with van der Waals surface area (Å²) in [6.45, 7) is 3.44. The molecule has 0 aromatic carbocycles. The molecule has 0 aromatic rings. The predicted octanol–water partition coefficient (Wildman–Crippen LogP) is 1.60. The second-order valence-corrected chi connectivity index (χ2v) is 3.82. The van der Waals surface area contributed by atoms with Crippen molar-refractivity contribution in [3.05, 3.63) is 12.3 Å². The standard InChI is InChI=1S/C3H4Cl2Si/c1-2-6-3(4)5/h2-3H,1H2. The Morgan fingerprint density at radius 1 is 1.67 bits per heavy atom. The molecule has 0 saturated heterocycles. The fourth-order valence-corrected chi connectivity index (χ4v) is 0.802. The first-order valence-electron chi connectivity index (χ1n) is 1.42. The molecule has 0 nitrogen and oxygen atoms in total. The van der Waals surface area contributed by atoms with Gasteiger partial charge in [-0.05, 0) is 0 Å². The van der Waals surface area contributed by atoms with Gasteiger partial charge in [0.15, 0.2) is 0 Å². The van der Waals surface area contributed by atoms with Crippen molar-refractivity contribution in [2.24, 2.45) is 0 Å². The number of hydrogen-bond acceptors (Lipinski definition) is 0. The maximum absolute atomic E-state index is 5.28. The first-order chi connectivity index (χ1) is 2.77. The molecular formula is C3H4Cl2Si. The average molecular weight is 139 g/mol. The summed E-state index contributed by atoms with van der Waals surface area (Å²) >= 11 is 10.6. The maximum atomic E-state index is 5.28. The van der Waals surface area contributed by atoms with E-state index in [1.807, 2.05) is 0 Å². The van der Waals surface area contributed by atoms with E-state index in [4.69, 9.17) is 23.2 Å². The Morgan fingerprint density at radius 2 is 2.17 bits per heavy atom. The van der Waals surface area contributed by atoms with Crippen molar-refractivity contribution < 1.29 is 0 Å². The molecule has 0 aliphatic carbocycles. The van der Waals surface area contributed by atoms with Crippen LogP contribution in [0.3, 0.4) is 0 Å². The van der Waals surface area contributed by atoms with E-state index in [-0.39, 0.29) is 4.46 Å². The molecular weight excluding hydrogens is 135 g/mol. The van der Waals surface area contributed by atoms with Gasteiger partial charge in [-0.3, -0.25) is 0 Å². The van der Waals surface area contributed by atoms with Gasteiger partial charge >= 0.3 is 0 Å². The summed E-state index contributed by atoms with van der Waals surface area (Å²) in [5, 5.41) is 0. The zero-order chi connectivity index (χ0) is 4.99. The van der Waals surface area contributed by atoms with Crippen molar-refractivity contribution >= 4 is 32.7 Å². The van der Waals surface area contributed by atoms with Crippen molar-refractivity contribution in [3.63, 3.8) is 0 Å². The summed E-state index contributed by atoms with van der Waals surface area (Å²) in [5.74, 6) is 0. The van der Waals surface area contributed by atoms with Gasteiger partial charge < -0.3 is 0 Å². The molecule has 2 radical (unpaired) electrons. The van der Waals surface area contributed by atoms with Gasteiger partial charge in [-0.2, -0.15) is 0 Å². The van der Waals surface area contributed by atoms with Crippen LogP contribution in [0.5, 0.6) is 0 Å². The SMILES string of the molecule is C=C[Si]C(Cl)Cl. The number of alkyl halides is 2. The lowest BCUT2D eigenvalue weighted by Crippen LogP contribution is -1.94. The second kappa shape index (κ2) is 3.72. The molecule has 0 heterocycles. The van der Waals surface area contributed by atoms with E-state index in [0.29, 0.717) is 9.52 Å². The van der Waals surface area contributed by atoms with Crippen LogP contribution in [0, 0.1) is 0 Å². The lowest BCUT2D eigenvalue weighted by molar-refractivity contribution is 1.90. The van der Waals surface area contributed by atoms with Crippen molar-refractivity contribution in [2.45, 2.75) is 4.46 Å². The van der Waals surface area contributed by atoms with Gasteiger partial charge in [0, 0.05) is 0 Å². The summed E-state index contributed by atoms with van der Waals surface area (Å²) in [4.78, 5) is 0. The molecule has 0 amide bonds. The van der Waals surface area contributed by atoms with Crippen LogP contribution in [-0.4, -0.2) is 14.0 Å². The second-order valence-electron chi connectivity index (χ2n) is 0.671. The van der Waals surface area contributed by atoms with E-state index in [1.54, 1.807) is 5.70 Å². The van der Waals surface area contributed by atoms with Gasteiger partial charge in [0.1, 0.15) is 9.52 Å². The molecule has 6 heavy (non-hydrogen) atoms. The molecule has 0 fully saturated rings. The van der Waals surface area contributed by atoms with Crippen LogP contribution in [0.1, 0.15) is 0 Å². The molecule has 0 aliphatic heterocycles. The summed E-state index contributed by atoms with van der Waals surface area (Å²) in [7, 11) is 0.466. The molecule has 0 rings (SSSR count). The Balaban J connectivity index is 2.81. The number of halogens is 2. The van der Waals surface area contributed by atoms with E-state index < -0.39 is 0 Å². The van der Waals surface area contributed by atoms with E-state index in [1.165, 1.54) is 0 Å². The zero-order valence-electron chi connectivity index (χ0n) is 3.12. The molecule has 0 aromatic heterocycles. The van der Waals surface area contributed by atoms with Gasteiger partial charge in [0.05, 0.1) is 4.46 Å². The number of rotatable bonds is 2. The third kappa shape index (κ3) is 4.54. The fraction of sp³-hybridized carbons (Fsp3) is 0.333. The summed E-state index contributed by atoms with van der Waals surface area (Å²) in [5.41, 5.74) is 1.71. The molecule has 0 atom stereocenters. The Labute approximate surface area is 50.0 Å². The Morgan fingerprint density at radius 3 is 2.17 bits per heavy atom. The molecule has 0 saturated carbocycles. The van der Waals surface area contributed by atoms with Crippen molar-refractivity contribution in [3.8, 4) is 0 Å². The monoisotopic (exact) mass is 138 g/mol. The zero-order valence-corrected chi connectivity index (χ0v) is 5.63. The predicted molar refractivity (Wildman–Crippen MR) is 31.4 cm³/mol. The van der Waals surface area contributed by atoms with Gasteiger partial charge in [0.2, 0.25) is 0 Å². The lowest BCUT2D eigenvalue weighted by Gasteiger charge is -1.84. The van der Waals surface area contributed by atoms with Gasteiger partial charge in [-0.15, -0.1) is 35.5 Å². The summed E-state index contributed by atoms with van der Waals surface area (Å²) < 4.78 is -0.248. The highest BCUT2D eigenvalue weighted by atomic mass is 35.5. The summed E-state index contributed by atoms with van der Waals surface area (Å²) in [6, 6.07) is 0. The van der Waals surface area contributed by atoms with Crippen LogP contribution in [0.2, 0.25) is 0 Å². The van der Waals surface area contributed by atoms with E-state index in [9.17, 15) is 0 Å². The molecule has 0 N–H and O–H groups in total. The smallest absolute Gasteiger partial charge is 0.110 e. The molecule has 3 heteroatoms. The van der Waals surface area contributed by atoms with Crippen LogP contribution in [0.25, 0.3) is 0 Å². The first kappa shape index (κ1) is 6.54. The van der Waals surface area contributed by atoms with Crippen LogP contribution < -0.4 is 0 Å². The molecule has 0 spiro atoms. The lowest BCUT2D eigenvalue weighted by atomic mass is 11.3. The number of hydrogen-bond donors (Lipinski definition) is 0. The Kier molecular flexibility index (Phi) is 4.05. The van der Waals surface area contributed by atoms with Crippen LogP contribution in [0.15, 0.2) is 12.3 Å². The van der Waals surface area contributed by atoms with E-state index >= 15 is 0 Å². The highest BCUT2D eigenvalue weighted by molar-refractivity contribution is 6.70. The highest BCUT2D eigenvalue weighted by Gasteiger charge is 1.91. The minimum atomic E-state index is -0.248. The quantitative estimate of drug-likeness (QED) is 0.402. The minimum absolute atomic E-state index is 0.248. The van der Waals surface area contributed by atoms with Crippen LogP contribution in [0.4, 0.5) is 0 Å².